The fraction of sp³-hybridized carbons (Fsp3) is 0.571. The number of nitrogens with zero attached hydrogens (tertiary/aromatic N) is 4. The van der Waals surface area contributed by atoms with Gasteiger partial charge in [0.05, 0.1) is 5.69 Å². The first-order valence-electron chi connectivity index (χ1n) is 6.90. The second-order valence-electron chi connectivity index (χ2n) is 5.57. The molecule has 3 heterocycles. The Morgan fingerprint density at radius 3 is 2.95 bits per heavy atom. The molecule has 5 heteroatoms. The highest BCUT2D eigenvalue weighted by atomic mass is 15.2. The number of aryl methyl sites for hydroxylation is 2. The van der Waals surface area contributed by atoms with Crippen molar-refractivity contribution in [2.24, 2.45) is 11.7 Å². The lowest BCUT2D eigenvalue weighted by atomic mass is 10.1. The molecule has 1 atom stereocenters. The number of nitrogens with two attached hydrogens (primary N) is 1. The third-order valence-electron chi connectivity index (χ3n) is 3.90. The van der Waals surface area contributed by atoms with Gasteiger partial charge in [0.25, 0.3) is 0 Å². The van der Waals surface area contributed by atoms with Gasteiger partial charge in [-0.15, -0.1) is 0 Å². The van der Waals surface area contributed by atoms with Crippen LogP contribution in [0.2, 0.25) is 0 Å². The van der Waals surface area contributed by atoms with Gasteiger partial charge in [-0.2, -0.15) is 0 Å². The SMILES string of the molecule is Cc1cc(C)n2cc(CN3CCC(CN)C3)nc2n1. The summed E-state index contributed by atoms with van der Waals surface area (Å²) in [6.45, 7) is 8.01. The van der Waals surface area contributed by atoms with Crippen molar-refractivity contribution >= 4 is 5.78 Å². The molecule has 19 heavy (non-hydrogen) atoms. The van der Waals surface area contributed by atoms with Crippen molar-refractivity contribution in [2.75, 3.05) is 19.6 Å². The lowest BCUT2D eigenvalue weighted by Crippen LogP contribution is -2.22. The van der Waals surface area contributed by atoms with Crippen LogP contribution < -0.4 is 5.73 Å². The maximum Gasteiger partial charge on any atom is 0.234 e. The van der Waals surface area contributed by atoms with Gasteiger partial charge in [-0.25, -0.2) is 9.97 Å². The van der Waals surface area contributed by atoms with Crippen LogP contribution in [0.1, 0.15) is 23.5 Å². The first kappa shape index (κ1) is 12.6. The normalized spacial score (nSPS) is 20.5. The second kappa shape index (κ2) is 4.90. The maximum absolute atomic E-state index is 5.73. The third-order valence-corrected chi connectivity index (χ3v) is 3.90. The van der Waals surface area contributed by atoms with Crippen LogP contribution in [0, 0.1) is 19.8 Å². The minimum Gasteiger partial charge on any atom is -0.330 e. The molecule has 0 saturated carbocycles. The molecular weight excluding hydrogens is 238 g/mol. The summed E-state index contributed by atoms with van der Waals surface area (Å²) >= 11 is 0. The Morgan fingerprint density at radius 1 is 1.37 bits per heavy atom. The van der Waals surface area contributed by atoms with E-state index in [0.29, 0.717) is 5.92 Å². The zero-order chi connectivity index (χ0) is 13.4. The molecule has 3 rings (SSSR count). The molecule has 1 aliphatic heterocycles. The second-order valence-corrected chi connectivity index (χ2v) is 5.57. The Balaban J connectivity index is 1.80. The molecule has 0 amide bonds. The highest BCUT2D eigenvalue weighted by Crippen LogP contribution is 2.18. The first-order valence-corrected chi connectivity index (χ1v) is 6.90. The van der Waals surface area contributed by atoms with Gasteiger partial charge in [-0.1, -0.05) is 0 Å². The molecule has 2 aromatic rings. The Labute approximate surface area is 113 Å². The highest BCUT2D eigenvalue weighted by molar-refractivity contribution is 5.34. The van der Waals surface area contributed by atoms with Crippen molar-refractivity contribution in [3.63, 3.8) is 0 Å². The van der Waals surface area contributed by atoms with E-state index in [0.717, 1.165) is 43.3 Å². The minimum absolute atomic E-state index is 0.652. The molecule has 5 nitrogen and oxygen atoms in total. The number of likely N-dealkylation sites (tertiary alicyclic amines) is 1. The molecule has 1 fully saturated rings. The Bertz CT molecular complexity index is 589. The van der Waals surface area contributed by atoms with Crippen molar-refractivity contribution in [1.29, 1.82) is 0 Å². The largest absolute Gasteiger partial charge is 0.330 e. The molecule has 1 unspecified atom stereocenters. The van der Waals surface area contributed by atoms with E-state index >= 15 is 0 Å². The zero-order valence-electron chi connectivity index (χ0n) is 11.6. The first-order chi connectivity index (χ1) is 9.15. The third kappa shape index (κ3) is 2.48. The molecular formula is C14H21N5. The van der Waals surface area contributed by atoms with Gasteiger partial charge in [-0.3, -0.25) is 9.30 Å². The van der Waals surface area contributed by atoms with E-state index in [1.807, 2.05) is 6.92 Å². The zero-order valence-corrected chi connectivity index (χ0v) is 11.6. The van der Waals surface area contributed by atoms with Gasteiger partial charge < -0.3 is 5.73 Å². The van der Waals surface area contributed by atoms with Crippen LogP contribution in [0.3, 0.4) is 0 Å². The summed E-state index contributed by atoms with van der Waals surface area (Å²) in [4.78, 5) is 11.5. The summed E-state index contributed by atoms with van der Waals surface area (Å²) in [7, 11) is 0. The van der Waals surface area contributed by atoms with Gasteiger partial charge in [0, 0.05) is 30.7 Å². The van der Waals surface area contributed by atoms with Crippen LogP contribution in [0.25, 0.3) is 5.78 Å². The van der Waals surface area contributed by atoms with Crippen molar-refractivity contribution < 1.29 is 0 Å². The highest BCUT2D eigenvalue weighted by Gasteiger charge is 2.21. The van der Waals surface area contributed by atoms with Gasteiger partial charge in [0.1, 0.15) is 0 Å². The van der Waals surface area contributed by atoms with Gasteiger partial charge in [0.15, 0.2) is 0 Å². The number of rotatable bonds is 3. The number of aromatic nitrogens is 3. The molecule has 0 aromatic carbocycles. The predicted molar refractivity (Wildman–Crippen MR) is 74.9 cm³/mol. The summed E-state index contributed by atoms with van der Waals surface area (Å²) in [5.74, 6) is 1.46. The van der Waals surface area contributed by atoms with E-state index < -0.39 is 0 Å². The van der Waals surface area contributed by atoms with Crippen molar-refractivity contribution in [1.82, 2.24) is 19.3 Å². The molecule has 1 saturated heterocycles. The summed E-state index contributed by atoms with van der Waals surface area (Å²) < 4.78 is 2.07. The summed E-state index contributed by atoms with van der Waals surface area (Å²) in [5.41, 5.74) is 9.03. The average Bonchev–Trinajstić information content (AvgIpc) is 2.96. The molecule has 0 spiro atoms. The Hall–Kier alpha value is -1.46. The molecule has 2 aromatic heterocycles. The van der Waals surface area contributed by atoms with Crippen LogP contribution in [0.5, 0.6) is 0 Å². The molecule has 0 radical (unpaired) electrons. The average molecular weight is 259 g/mol. The molecule has 0 bridgehead atoms. The summed E-state index contributed by atoms with van der Waals surface area (Å²) in [6, 6.07) is 2.08. The van der Waals surface area contributed by atoms with Crippen LogP contribution >= 0.6 is 0 Å². The number of fused-ring (bicyclic) bond motifs is 1. The molecule has 2 N–H and O–H groups in total. The van der Waals surface area contributed by atoms with Crippen LogP contribution in [0.15, 0.2) is 12.3 Å². The number of imidazole rings is 1. The van der Waals surface area contributed by atoms with Crippen LogP contribution in [0.4, 0.5) is 0 Å². The van der Waals surface area contributed by atoms with Crippen molar-refractivity contribution in [3.05, 3.63) is 29.3 Å². The quantitative estimate of drug-likeness (QED) is 0.897. The maximum atomic E-state index is 5.73. The predicted octanol–water partition coefficient (Wildman–Crippen LogP) is 1.13. The smallest absolute Gasteiger partial charge is 0.234 e. The summed E-state index contributed by atoms with van der Waals surface area (Å²) in [6.07, 6.45) is 3.31. The lowest BCUT2D eigenvalue weighted by molar-refractivity contribution is 0.314. The Morgan fingerprint density at radius 2 is 2.21 bits per heavy atom. The molecule has 1 aliphatic rings. The minimum atomic E-state index is 0.652. The van der Waals surface area contributed by atoms with E-state index in [2.05, 4.69) is 38.5 Å². The number of hydrogen-bond donors (Lipinski definition) is 1. The van der Waals surface area contributed by atoms with E-state index in [-0.39, 0.29) is 0 Å². The van der Waals surface area contributed by atoms with Gasteiger partial charge in [0.2, 0.25) is 5.78 Å². The number of hydrogen-bond acceptors (Lipinski definition) is 4. The monoisotopic (exact) mass is 259 g/mol. The van der Waals surface area contributed by atoms with Gasteiger partial charge in [-0.05, 0) is 45.3 Å². The summed E-state index contributed by atoms with van der Waals surface area (Å²) in [5, 5.41) is 0. The topological polar surface area (TPSA) is 59.5 Å². The fourth-order valence-corrected chi connectivity index (χ4v) is 2.87. The lowest BCUT2D eigenvalue weighted by Gasteiger charge is -2.13. The van der Waals surface area contributed by atoms with Gasteiger partial charge >= 0.3 is 0 Å². The molecule has 0 aliphatic carbocycles. The van der Waals surface area contributed by atoms with E-state index in [4.69, 9.17) is 5.73 Å². The van der Waals surface area contributed by atoms with Crippen molar-refractivity contribution in [3.8, 4) is 0 Å². The Kier molecular flexibility index (Phi) is 3.24. The van der Waals surface area contributed by atoms with E-state index in [9.17, 15) is 0 Å². The standard InChI is InChI=1S/C14H21N5/c1-10-5-11(2)19-9-13(17-14(19)16-10)8-18-4-3-12(6-15)7-18/h5,9,12H,3-4,6-8,15H2,1-2H3. The van der Waals surface area contributed by atoms with Crippen LogP contribution in [-0.2, 0) is 6.54 Å². The van der Waals surface area contributed by atoms with Crippen molar-refractivity contribution in [2.45, 2.75) is 26.8 Å². The molecule has 102 valence electrons. The van der Waals surface area contributed by atoms with Crippen LogP contribution in [-0.4, -0.2) is 38.9 Å². The van der Waals surface area contributed by atoms with E-state index in [1.165, 1.54) is 12.1 Å². The fourth-order valence-electron chi connectivity index (χ4n) is 2.87. The van der Waals surface area contributed by atoms with E-state index in [1.54, 1.807) is 0 Å².